The maximum atomic E-state index is 4.56. The van der Waals surface area contributed by atoms with Crippen molar-refractivity contribution in [1.82, 2.24) is 19.9 Å². The molecule has 20 heavy (non-hydrogen) atoms. The van der Waals surface area contributed by atoms with Crippen LogP contribution < -0.4 is 0 Å². The summed E-state index contributed by atoms with van der Waals surface area (Å²) in [7, 11) is 0. The van der Waals surface area contributed by atoms with Crippen LogP contribution in [0.4, 0.5) is 0 Å². The maximum absolute atomic E-state index is 4.56. The van der Waals surface area contributed by atoms with Crippen molar-refractivity contribution in [3.05, 3.63) is 53.4 Å². The molecule has 1 aliphatic rings. The highest BCUT2D eigenvalue weighted by Gasteiger charge is 2.25. The number of pyridine rings is 1. The molecule has 3 rings (SSSR count). The van der Waals surface area contributed by atoms with Crippen molar-refractivity contribution in [3.8, 4) is 0 Å². The van der Waals surface area contributed by atoms with Gasteiger partial charge in [0.15, 0.2) is 0 Å². The Hall–Kier alpha value is -1.81. The largest absolute Gasteiger partial charge is 0.298 e. The van der Waals surface area contributed by atoms with Crippen molar-refractivity contribution in [2.24, 2.45) is 0 Å². The second kappa shape index (κ2) is 5.67. The lowest BCUT2D eigenvalue weighted by atomic mass is 10.1. The van der Waals surface area contributed by atoms with Crippen LogP contribution in [0.15, 0.2) is 30.6 Å². The third kappa shape index (κ3) is 3.02. The Labute approximate surface area is 119 Å². The molecule has 0 bridgehead atoms. The summed E-state index contributed by atoms with van der Waals surface area (Å²) in [4.78, 5) is 15.8. The first-order valence-electron chi connectivity index (χ1n) is 7.14. The predicted molar refractivity (Wildman–Crippen MR) is 78.4 cm³/mol. The summed E-state index contributed by atoms with van der Waals surface area (Å²) >= 11 is 0. The second-order valence-electron chi connectivity index (χ2n) is 5.58. The average Bonchev–Trinajstić information content (AvgIpc) is 2.90. The zero-order valence-corrected chi connectivity index (χ0v) is 12.1. The molecule has 1 atom stereocenters. The lowest BCUT2D eigenvalue weighted by molar-refractivity contribution is 0.325. The Morgan fingerprint density at radius 2 is 2.05 bits per heavy atom. The minimum absolute atomic E-state index is 0.466. The fraction of sp³-hybridized carbons (Fsp3) is 0.438. The zero-order valence-electron chi connectivity index (χ0n) is 12.1. The molecule has 4 nitrogen and oxygen atoms in total. The molecule has 0 amide bonds. The lowest BCUT2D eigenvalue weighted by Crippen LogP contribution is -2.20. The molecule has 0 radical (unpaired) electrons. The van der Waals surface area contributed by atoms with E-state index in [0.717, 1.165) is 43.3 Å². The van der Waals surface area contributed by atoms with Gasteiger partial charge in [0, 0.05) is 42.8 Å². The third-order valence-electron chi connectivity index (χ3n) is 3.83. The van der Waals surface area contributed by atoms with Crippen molar-refractivity contribution >= 4 is 0 Å². The summed E-state index contributed by atoms with van der Waals surface area (Å²) in [5.74, 6) is 1.46. The molecule has 0 N–H and O–H groups in total. The summed E-state index contributed by atoms with van der Waals surface area (Å²) in [5, 5.41) is 0. The molecule has 0 unspecified atom stereocenters. The fourth-order valence-electron chi connectivity index (χ4n) is 2.70. The SMILES string of the molecule is Cc1ccc(CN2CC[C@@H](c3nccc(C)n3)C2)cn1. The number of hydrogen-bond acceptors (Lipinski definition) is 4. The van der Waals surface area contributed by atoms with Gasteiger partial charge in [-0.3, -0.25) is 9.88 Å². The lowest BCUT2D eigenvalue weighted by Gasteiger charge is -2.15. The number of hydrogen-bond donors (Lipinski definition) is 0. The first-order valence-corrected chi connectivity index (χ1v) is 7.14. The van der Waals surface area contributed by atoms with Gasteiger partial charge >= 0.3 is 0 Å². The predicted octanol–water partition coefficient (Wildman–Crippen LogP) is 2.48. The normalized spacial score (nSPS) is 19.4. The zero-order chi connectivity index (χ0) is 13.9. The van der Waals surface area contributed by atoms with Gasteiger partial charge in [-0.25, -0.2) is 9.97 Å². The van der Waals surface area contributed by atoms with E-state index < -0.39 is 0 Å². The number of aryl methyl sites for hydroxylation is 2. The molecular weight excluding hydrogens is 248 g/mol. The van der Waals surface area contributed by atoms with Crippen LogP contribution in [-0.2, 0) is 6.54 Å². The molecule has 2 aromatic heterocycles. The molecule has 1 saturated heterocycles. The monoisotopic (exact) mass is 268 g/mol. The van der Waals surface area contributed by atoms with Gasteiger partial charge in [-0.05, 0) is 44.5 Å². The number of likely N-dealkylation sites (tertiary alicyclic amines) is 1. The van der Waals surface area contributed by atoms with Gasteiger partial charge in [-0.1, -0.05) is 6.07 Å². The molecule has 1 aliphatic heterocycles. The molecule has 0 aromatic carbocycles. The third-order valence-corrected chi connectivity index (χ3v) is 3.83. The van der Waals surface area contributed by atoms with Gasteiger partial charge in [0.25, 0.3) is 0 Å². The molecule has 2 aromatic rings. The summed E-state index contributed by atoms with van der Waals surface area (Å²) in [6, 6.07) is 6.19. The van der Waals surface area contributed by atoms with Gasteiger partial charge in [-0.15, -0.1) is 0 Å². The van der Waals surface area contributed by atoms with Crippen LogP contribution in [-0.4, -0.2) is 32.9 Å². The second-order valence-corrected chi connectivity index (χ2v) is 5.58. The van der Waals surface area contributed by atoms with Gasteiger partial charge in [0.1, 0.15) is 5.82 Å². The van der Waals surface area contributed by atoms with Gasteiger partial charge < -0.3 is 0 Å². The van der Waals surface area contributed by atoms with E-state index in [-0.39, 0.29) is 0 Å². The summed E-state index contributed by atoms with van der Waals surface area (Å²) in [6.07, 6.45) is 4.98. The van der Waals surface area contributed by atoms with E-state index in [4.69, 9.17) is 0 Å². The first-order chi connectivity index (χ1) is 9.70. The highest BCUT2D eigenvalue weighted by molar-refractivity contribution is 5.14. The van der Waals surface area contributed by atoms with Crippen molar-refractivity contribution in [3.63, 3.8) is 0 Å². The minimum atomic E-state index is 0.466. The first kappa shape index (κ1) is 13.2. The highest BCUT2D eigenvalue weighted by Crippen LogP contribution is 2.25. The van der Waals surface area contributed by atoms with E-state index in [2.05, 4.69) is 32.0 Å². The summed E-state index contributed by atoms with van der Waals surface area (Å²) < 4.78 is 0. The van der Waals surface area contributed by atoms with Crippen molar-refractivity contribution < 1.29 is 0 Å². The molecule has 104 valence electrons. The number of rotatable bonds is 3. The number of nitrogens with zero attached hydrogens (tertiary/aromatic N) is 4. The molecule has 0 aliphatic carbocycles. The van der Waals surface area contributed by atoms with Crippen LogP contribution in [0.3, 0.4) is 0 Å². The Morgan fingerprint density at radius 1 is 1.15 bits per heavy atom. The van der Waals surface area contributed by atoms with Crippen molar-refractivity contribution in [1.29, 1.82) is 0 Å². The summed E-state index contributed by atoms with van der Waals surface area (Å²) in [5.41, 5.74) is 3.40. The number of aromatic nitrogens is 3. The Kier molecular flexibility index (Phi) is 3.74. The van der Waals surface area contributed by atoms with E-state index >= 15 is 0 Å². The van der Waals surface area contributed by atoms with Crippen LogP contribution in [0.1, 0.15) is 35.1 Å². The Balaban J connectivity index is 1.63. The van der Waals surface area contributed by atoms with Gasteiger partial charge in [0.2, 0.25) is 0 Å². The van der Waals surface area contributed by atoms with E-state index in [1.807, 2.05) is 32.3 Å². The van der Waals surface area contributed by atoms with Crippen LogP contribution in [0.5, 0.6) is 0 Å². The fourth-order valence-corrected chi connectivity index (χ4v) is 2.70. The van der Waals surface area contributed by atoms with Crippen LogP contribution in [0, 0.1) is 13.8 Å². The molecule has 1 fully saturated rings. The maximum Gasteiger partial charge on any atom is 0.132 e. The molecule has 0 saturated carbocycles. The van der Waals surface area contributed by atoms with E-state index in [1.165, 1.54) is 5.56 Å². The molecule has 0 spiro atoms. The Bertz CT molecular complexity index is 579. The molecular formula is C16H20N4. The van der Waals surface area contributed by atoms with Gasteiger partial charge in [0.05, 0.1) is 0 Å². The van der Waals surface area contributed by atoms with Crippen molar-refractivity contribution in [2.75, 3.05) is 13.1 Å². The van der Waals surface area contributed by atoms with Gasteiger partial charge in [-0.2, -0.15) is 0 Å². The van der Waals surface area contributed by atoms with Crippen LogP contribution >= 0.6 is 0 Å². The van der Waals surface area contributed by atoms with E-state index in [9.17, 15) is 0 Å². The Morgan fingerprint density at radius 3 is 2.80 bits per heavy atom. The quantitative estimate of drug-likeness (QED) is 0.857. The van der Waals surface area contributed by atoms with Crippen LogP contribution in [0.25, 0.3) is 0 Å². The average molecular weight is 268 g/mol. The minimum Gasteiger partial charge on any atom is -0.298 e. The topological polar surface area (TPSA) is 41.9 Å². The summed E-state index contributed by atoms with van der Waals surface area (Å²) in [6.45, 7) is 7.16. The standard InChI is InChI=1S/C16H20N4/c1-12-3-4-14(9-18-12)10-20-8-6-15(11-20)16-17-7-5-13(2)19-16/h3-5,7,9,15H,6,8,10-11H2,1-2H3/t15-/m1/s1. The van der Waals surface area contributed by atoms with Crippen molar-refractivity contribution in [2.45, 2.75) is 32.7 Å². The van der Waals surface area contributed by atoms with E-state index in [1.54, 1.807) is 0 Å². The highest BCUT2D eigenvalue weighted by atomic mass is 15.2. The van der Waals surface area contributed by atoms with E-state index in [0.29, 0.717) is 5.92 Å². The molecule has 4 heteroatoms. The smallest absolute Gasteiger partial charge is 0.132 e. The van der Waals surface area contributed by atoms with Crippen LogP contribution in [0.2, 0.25) is 0 Å². The molecule has 3 heterocycles.